The highest BCUT2D eigenvalue weighted by Crippen LogP contribution is 2.58. The zero-order chi connectivity index (χ0) is 13.2. The largest absolute Gasteiger partial charge is 0.316 e. The predicted molar refractivity (Wildman–Crippen MR) is 79.7 cm³/mol. The van der Waals surface area contributed by atoms with Gasteiger partial charge in [0.2, 0.25) is 0 Å². The molecule has 0 aromatic heterocycles. The number of hydrogen-bond acceptors (Lipinski definition) is 1. The molecule has 2 fully saturated rings. The molecule has 106 valence electrons. The number of fused-ring (bicyclic) bond motifs is 2. The Morgan fingerprint density at radius 3 is 2.50 bits per heavy atom. The van der Waals surface area contributed by atoms with Gasteiger partial charge in [0.15, 0.2) is 0 Å². The first-order valence-corrected chi connectivity index (χ1v) is 8.26. The summed E-state index contributed by atoms with van der Waals surface area (Å²) in [6.45, 7) is 11.9. The summed E-state index contributed by atoms with van der Waals surface area (Å²) in [5, 5.41) is 3.78. The van der Waals surface area contributed by atoms with E-state index < -0.39 is 0 Å². The first-order valence-electron chi connectivity index (χ1n) is 8.26. The van der Waals surface area contributed by atoms with Crippen LogP contribution in [0.15, 0.2) is 0 Å². The van der Waals surface area contributed by atoms with E-state index in [1.165, 1.54) is 45.2 Å². The zero-order valence-electron chi connectivity index (χ0n) is 13.0. The summed E-state index contributed by atoms with van der Waals surface area (Å²) in [5.41, 5.74) is 0.660. The lowest BCUT2D eigenvalue weighted by molar-refractivity contribution is 0.117. The molecule has 2 aliphatic rings. The van der Waals surface area contributed by atoms with Gasteiger partial charge in [-0.3, -0.25) is 0 Å². The van der Waals surface area contributed by atoms with E-state index in [0.717, 1.165) is 23.7 Å². The third kappa shape index (κ3) is 3.10. The number of rotatable bonds is 7. The molecule has 4 unspecified atom stereocenters. The van der Waals surface area contributed by atoms with E-state index >= 15 is 0 Å². The van der Waals surface area contributed by atoms with Crippen LogP contribution in [0.4, 0.5) is 0 Å². The summed E-state index contributed by atoms with van der Waals surface area (Å²) in [5.74, 6) is 3.80. The van der Waals surface area contributed by atoms with Gasteiger partial charge in [-0.15, -0.1) is 0 Å². The van der Waals surface area contributed by atoms with Crippen molar-refractivity contribution in [1.82, 2.24) is 5.32 Å². The molecule has 0 radical (unpaired) electrons. The maximum absolute atomic E-state index is 3.78. The fraction of sp³-hybridized carbons (Fsp3) is 1.00. The van der Waals surface area contributed by atoms with E-state index in [1.54, 1.807) is 6.42 Å². The van der Waals surface area contributed by atoms with Gasteiger partial charge in [-0.05, 0) is 61.3 Å². The second-order valence-electron chi connectivity index (χ2n) is 7.68. The lowest BCUT2D eigenvalue weighted by Crippen LogP contribution is -2.41. The second-order valence-corrected chi connectivity index (χ2v) is 7.68. The maximum Gasteiger partial charge on any atom is 0.00108 e. The SMILES string of the molecule is CCC(C)CC1(CNCC(C)C)CC2CCC1C2. The molecule has 0 spiro atoms. The molecule has 1 N–H and O–H groups in total. The lowest BCUT2D eigenvalue weighted by atomic mass is 9.68. The first-order chi connectivity index (χ1) is 8.55. The van der Waals surface area contributed by atoms with Crippen LogP contribution in [0.5, 0.6) is 0 Å². The number of hydrogen-bond donors (Lipinski definition) is 1. The molecule has 2 rings (SSSR count). The average Bonchev–Trinajstić information content (AvgIpc) is 2.88. The zero-order valence-corrected chi connectivity index (χ0v) is 13.0. The van der Waals surface area contributed by atoms with E-state index in [2.05, 4.69) is 33.0 Å². The minimum atomic E-state index is 0.660. The Morgan fingerprint density at radius 2 is 2.00 bits per heavy atom. The molecular weight excluding hydrogens is 218 g/mol. The van der Waals surface area contributed by atoms with Crippen molar-refractivity contribution in [2.45, 2.75) is 66.2 Å². The van der Waals surface area contributed by atoms with Gasteiger partial charge in [0, 0.05) is 6.54 Å². The van der Waals surface area contributed by atoms with E-state index in [-0.39, 0.29) is 0 Å². The molecule has 0 aromatic rings. The molecule has 0 saturated heterocycles. The first kappa shape index (κ1) is 14.4. The fourth-order valence-electron chi connectivity index (χ4n) is 4.54. The standard InChI is InChI=1S/C17H33N/c1-5-14(4)9-17(12-18-11-13(2)3)10-15-6-7-16(17)8-15/h13-16,18H,5-12H2,1-4H3. The van der Waals surface area contributed by atoms with Crippen molar-refractivity contribution in [3.63, 3.8) is 0 Å². The molecule has 2 aliphatic carbocycles. The Kier molecular flexibility index (Phi) is 4.75. The van der Waals surface area contributed by atoms with Crippen molar-refractivity contribution in [2.75, 3.05) is 13.1 Å². The Morgan fingerprint density at radius 1 is 1.22 bits per heavy atom. The van der Waals surface area contributed by atoms with Crippen molar-refractivity contribution in [3.05, 3.63) is 0 Å². The maximum atomic E-state index is 3.78. The van der Waals surface area contributed by atoms with E-state index in [4.69, 9.17) is 0 Å². The molecule has 18 heavy (non-hydrogen) atoms. The van der Waals surface area contributed by atoms with Crippen LogP contribution in [0.2, 0.25) is 0 Å². The summed E-state index contributed by atoms with van der Waals surface area (Å²) in [6.07, 6.45) is 8.92. The fourth-order valence-corrected chi connectivity index (χ4v) is 4.54. The van der Waals surface area contributed by atoms with Gasteiger partial charge in [-0.1, -0.05) is 40.5 Å². The molecule has 0 heterocycles. The Balaban J connectivity index is 1.95. The van der Waals surface area contributed by atoms with Gasteiger partial charge in [-0.25, -0.2) is 0 Å². The van der Waals surface area contributed by atoms with Gasteiger partial charge in [0.25, 0.3) is 0 Å². The van der Waals surface area contributed by atoms with E-state index in [9.17, 15) is 0 Å². The number of nitrogens with one attached hydrogen (secondary N) is 1. The predicted octanol–water partition coefficient (Wildman–Crippen LogP) is 4.47. The van der Waals surface area contributed by atoms with Crippen LogP contribution in [0, 0.1) is 29.1 Å². The van der Waals surface area contributed by atoms with Gasteiger partial charge in [0.1, 0.15) is 0 Å². The molecule has 4 atom stereocenters. The topological polar surface area (TPSA) is 12.0 Å². The summed E-state index contributed by atoms with van der Waals surface area (Å²) >= 11 is 0. The van der Waals surface area contributed by atoms with Crippen molar-refractivity contribution in [3.8, 4) is 0 Å². The highest BCUT2D eigenvalue weighted by atomic mass is 14.9. The molecule has 0 aliphatic heterocycles. The quantitative estimate of drug-likeness (QED) is 0.703. The van der Waals surface area contributed by atoms with Crippen LogP contribution < -0.4 is 5.32 Å². The average molecular weight is 251 g/mol. The van der Waals surface area contributed by atoms with Crippen LogP contribution >= 0.6 is 0 Å². The van der Waals surface area contributed by atoms with E-state index in [0.29, 0.717) is 5.41 Å². The summed E-state index contributed by atoms with van der Waals surface area (Å²) in [6, 6.07) is 0. The van der Waals surface area contributed by atoms with Crippen molar-refractivity contribution in [1.29, 1.82) is 0 Å². The summed E-state index contributed by atoms with van der Waals surface area (Å²) < 4.78 is 0. The normalized spacial score (nSPS) is 36.5. The lowest BCUT2D eigenvalue weighted by Gasteiger charge is -2.40. The monoisotopic (exact) mass is 251 g/mol. The Bertz CT molecular complexity index is 260. The van der Waals surface area contributed by atoms with Crippen LogP contribution in [-0.2, 0) is 0 Å². The van der Waals surface area contributed by atoms with Gasteiger partial charge in [-0.2, -0.15) is 0 Å². The molecule has 1 heteroatoms. The minimum absolute atomic E-state index is 0.660. The second kappa shape index (κ2) is 5.94. The summed E-state index contributed by atoms with van der Waals surface area (Å²) in [7, 11) is 0. The van der Waals surface area contributed by atoms with Gasteiger partial charge < -0.3 is 5.32 Å². The van der Waals surface area contributed by atoms with Crippen molar-refractivity contribution >= 4 is 0 Å². The Hall–Kier alpha value is -0.0400. The molecule has 2 bridgehead atoms. The van der Waals surface area contributed by atoms with Crippen LogP contribution in [0.25, 0.3) is 0 Å². The smallest absolute Gasteiger partial charge is 0.00108 e. The third-order valence-electron chi connectivity index (χ3n) is 5.58. The van der Waals surface area contributed by atoms with E-state index in [1.807, 2.05) is 0 Å². The molecule has 0 amide bonds. The van der Waals surface area contributed by atoms with Crippen molar-refractivity contribution in [2.24, 2.45) is 29.1 Å². The molecule has 0 aromatic carbocycles. The van der Waals surface area contributed by atoms with Crippen LogP contribution in [0.3, 0.4) is 0 Å². The van der Waals surface area contributed by atoms with Crippen LogP contribution in [0.1, 0.15) is 66.2 Å². The molecule has 2 saturated carbocycles. The van der Waals surface area contributed by atoms with Gasteiger partial charge in [0.05, 0.1) is 0 Å². The van der Waals surface area contributed by atoms with Crippen molar-refractivity contribution < 1.29 is 0 Å². The Labute approximate surface area is 114 Å². The third-order valence-corrected chi connectivity index (χ3v) is 5.58. The summed E-state index contributed by atoms with van der Waals surface area (Å²) in [4.78, 5) is 0. The molecular formula is C17H33N. The highest BCUT2D eigenvalue weighted by molar-refractivity contribution is 5.01. The van der Waals surface area contributed by atoms with Crippen LogP contribution in [-0.4, -0.2) is 13.1 Å². The minimum Gasteiger partial charge on any atom is -0.316 e. The molecule has 1 nitrogen and oxygen atoms in total. The highest BCUT2D eigenvalue weighted by Gasteiger charge is 2.50. The van der Waals surface area contributed by atoms with Gasteiger partial charge >= 0.3 is 0 Å².